The zero-order chi connectivity index (χ0) is 7.11. The predicted molar refractivity (Wildman–Crippen MR) is 49.8 cm³/mol. The van der Waals surface area contributed by atoms with Crippen LogP contribution in [-0.4, -0.2) is 13.1 Å². The standard InChI is InChI=1S/C7H9O2.HI.Zn/c1-3-4-5-6-7(8)9-2;;/h1,3-4H2,2H3;1H;/q-1;;. The molecule has 0 saturated heterocycles. The molecule has 0 atom stereocenters. The summed E-state index contributed by atoms with van der Waals surface area (Å²) in [6.07, 6.45) is 1.37. The minimum Gasteiger partial charge on any atom is -0.459 e. The molecule has 0 aromatic heterocycles. The molecule has 0 radical (unpaired) electrons. The smallest absolute Gasteiger partial charge is 0.384 e. The SMILES string of the molecule is I.[CH2-]CCC#CC(=O)OC.[Zn]. The van der Waals surface area contributed by atoms with Crippen molar-refractivity contribution in [3.63, 3.8) is 0 Å². The van der Waals surface area contributed by atoms with E-state index in [-0.39, 0.29) is 43.5 Å². The predicted octanol–water partition coefficient (Wildman–Crippen LogP) is 1.39. The van der Waals surface area contributed by atoms with Gasteiger partial charge in [-0.1, -0.05) is 5.92 Å². The van der Waals surface area contributed by atoms with E-state index in [0.717, 1.165) is 6.42 Å². The molecule has 4 heteroatoms. The van der Waals surface area contributed by atoms with Crippen LogP contribution < -0.4 is 0 Å². The van der Waals surface area contributed by atoms with Crippen LogP contribution in [0.5, 0.6) is 0 Å². The summed E-state index contributed by atoms with van der Waals surface area (Å²) in [5.41, 5.74) is 0. The van der Waals surface area contributed by atoms with Crippen molar-refractivity contribution in [2.24, 2.45) is 0 Å². The first-order chi connectivity index (χ1) is 4.31. The van der Waals surface area contributed by atoms with Gasteiger partial charge in [-0.3, -0.25) is 0 Å². The van der Waals surface area contributed by atoms with Crippen LogP contribution >= 0.6 is 24.0 Å². The maximum atomic E-state index is 10.3. The zero-order valence-electron chi connectivity index (χ0n) is 6.55. The van der Waals surface area contributed by atoms with E-state index in [9.17, 15) is 4.79 Å². The Labute approximate surface area is 97.2 Å². The molecule has 2 nitrogen and oxygen atoms in total. The van der Waals surface area contributed by atoms with E-state index in [1.165, 1.54) is 7.11 Å². The Balaban J connectivity index is -0.000000320. The maximum absolute atomic E-state index is 10.3. The van der Waals surface area contributed by atoms with Crippen LogP contribution in [-0.2, 0) is 29.0 Å². The van der Waals surface area contributed by atoms with E-state index < -0.39 is 5.97 Å². The molecule has 0 aromatic rings. The summed E-state index contributed by atoms with van der Waals surface area (Å²) in [6, 6.07) is 0. The molecular formula is C7H10IO2Zn-. The molecule has 60 valence electrons. The minimum absolute atomic E-state index is 0. The fourth-order valence-electron chi connectivity index (χ4n) is 0.274. The Morgan fingerprint density at radius 2 is 2.18 bits per heavy atom. The number of carbonyl (C=O) groups is 1. The van der Waals surface area contributed by atoms with Crippen LogP contribution in [0.4, 0.5) is 0 Å². The molecule has 0 aromatic carbocycles. The van der Waals surface area contributed by atoms with Gasteiger partial charge in [0.2, 0.25) is 0 Å². The first-order valence-corrected chi connectivity index (χ1v) is 2.67. The Hall–Kier alpha value is 0.383. The molecule has 0 rings (SSSR count). The molecule has 0 aliphatic rings. The van der Waals surface area contributed by atoms with Crippen molar-refractivity contribution in [2.45, 2.75) is 12.8 Å². The van der Waals surface area contributed by atoms with Gasteiger partial charge in [-0.2, -0.15) is 6.42 Å². The summed E-state index contributed by atoms with van der Waals surface area (Å²) in [5, 5.41) is 0. The van der Waals surface area contributed by atoms with Crippen LogP contribution in [0.3, 0.4) is 0 Å². The van der Waals surface area contributed by atoms with Gasteiger partial charge >= 0.3 is 5.97 Å². The number of esters is 1. The number of unbranched alkanes of at least 4 members (excludes halogenated alkanes) is 1. The molecule has 0 aliphatic heterocycles. The molecule has 0 heterocycles. The second kappa shape index (κ2) is 13.0. The average Bonchev–Trinajstić information content (AvgIpc) is 1.89. The average molecular weight is 318 g/mol. The number of carbonyl (C=O) groups excluding carboxylic acids is 1. The van der Waals surface area contributed by atoms with Gasteiger partial charge in [0.1, 0.15) is 0 Å². The number of hydrogen-bond acceptors (Lipinski definition) is 2. The molecular weight excluding hydrogens is 308 g/mol. The molecule has 0 aliphatic carbocycles. The summed E-state index contributed by atoms with van der Waals surface area (Å²) in [6.45, 7) is 3.55. The molecule has 0 bridgehead atoms. The summed E-state index contributed by atoms with van der Waals surface area (Å²) >= 11 is 0. The van der Waals surface area contributed by atoms with Crippen LogP contribution in [0.25, 0.3) is 0 Å². The van der Waals surface area contributed by atoms with E-state index in [1.54, 1.807) is 0 Å². The summed E-state index contributed by atoms with van der Waals surface area (Å²) in [7, 11) is 1.31. The van der Waals surface area contributed by atoms with Gasteiger partial charge in [-0.25, -0.2) is 4.79 Å². The van der Waals surface area contributed by atoms with Crippen molar-refractivity contribution < 1.29 is 29.0 Å². The number of hydrogen-bond donors (Lipinski definition) is 0. The van der Waals surface area contributed by atoms with E-state index in [0.29, 0.717) is 6.42 Å². The van der Waals surface area contributed by atoms with Gasteiger partial charge in [-0.05, 0) is 6.42 Å². The first kappa shape index (κ1) is 17.5. The Bertz CT molecular complexity index is 148. The third-order valence-electron chi connectivity index (χ3n) is 0.678. The molecule has 0 unspecified atom stereocenters. The minimum atomic E-state index is -0.483. The van der Waals surface area contributed by atoms with Crippen molar-refractivity contribution in [2.75, 3.05) is 7.11 Å². The quantitative estimate of drug-likeness (QED) is 0.182. The normalized spacial score (nSPS) is 6.00. The van der Waals surface area contributed by atoms with Gasteiger partial charge in [0.25, 0.3) is 0 Å². The molecule has 0 amide bonds. The van der Waals surface area contributed by atoms with Gasteiger partial charge in [0, 0.05) is 25.4 Å². The second-order valence-electron chi connectivity index (χ2n) is 1.40. The van der Waals surface area contributed by atoms with Gasteiger partial charge in [0.05, 0.1) is 7.11 Å². The fraction of sp³-hybridized carbons (Fsp3) is 0.429. The Morgan fingerprint density at radius 1 is 1.64 bits per heavy atom. The van der Waals surface area contributed by atoms with Crippen molar-refractivity contribution in [1.29, 1.82) is 0 Å². The monoisotopic (exact) mass is 317 g/mol. The molecule has 11 heavy (non-hydrogen) atoms. The molecule has 0 saturated carbocycles. The third-order valence-corrected chi connectivity index (χ3v) is 0.678. The summed E-state index contributed by atoms with van der Waals surface area (Å²) in [5.74, 6) is 4.40. The van der Waals surface area contributed by atoms with Crippen LogP contribution in [0.15, 0.2) is 0 Å². The van der Waals surface area contributed by atoms with Crippen LogP contribution in [0, 0.1) is 18.8 Å². The summed E-state index contributed by atoms with van der Waals surface area (Å²) in [4.78, 5) is 10.3. The molecule has 0 fully saturated rings. The van der Waals surface area contributed by atoms with Gasteiger partial charge in [0.15, 0.2) is 0 Å². The van der Waals surface area contributed by atoms with Crippen molar-refractivity contribution in [3.05, 3.63) is 6.92 Å². The zero-order valence-corrected chi connectivity index (χ0v) is 11.9. The second-order valence-corrected chi connectivity index (χ2v) is 1.40. The number of ether oxygens (including phenoxy) is 1. The van der Waals surface area contributed by atoms with Crippen molar-refractivity contribution in [3.8, 4) is 11.8 Å². The van der Waals surface area contributed by atoms with Crippen LogP contribution in [0.1, 0.15) is 12.8 Å². The van der Waals surface area contributed by atoms with Crippen molar-refractivity contribution in [1.82, 2.24) is 0 Å². The van der Waals surface area contributed by atoms with Gasteiger partial charge in [-0.15, -0.1) is 24.0 Å². The van der Waals surface area contributed by atoms with E-state index in [4.69, 9.17) is 0 Å². The number of halogens is 1. The number of methoxy groups -OCH3 is 1. The first-order valence-electron chi connectivity index (χ1n) is 2.67. The third kappa shape index (κ3) is 13.4. The van der Waals surface area contributed by atoms with Crippen molar-refractivity contribution >= 4 is 29.9 Å². The Kier molecular flexibility index (Phi) is 20.7. The largest absolute Gasteiger partial charge is 0.459 e. The van der Waals surface area contributed by atoms with E-state index in [1.807, 2.05) is 0 Å². The maximum Gasteiger partial charge on any atom is 0.384 e. The molecule has 0 N–H and O–H groups in total. The topological polar surface area (TPSA) is 26.3 Å². The van der Waals surface area contributed by atoms with E-state index >= 15 is 0 Å². The van der Waals surface area contributed by atoms with Gasteiger partial charge < -0.3 is 11.7 Å². The molecule has 0 spiro atoms. The fourth-order valence-corrected chi connectivity index (χ4v) is 0.274. The number of rotatable bonds is 1. The van der Waals surface area contributed by atoms with Crippen LogP contribution in [0.2, 0.25) is 0 Å². The summed E-state index contributed by atoms with van der Waals surface area (Å²) < 4.78 is 4.26. The van der Waals surface area contributed by atoms with E-state index in [2.05, 4.69) is 23.5 Å². The Morgan fingerprint density at radius 3 is 2.55 bits per heavy atom.